The molecule has 1 fully saturated rings. The number of aliphatic carboxylic acids is 1. The van der Waals surface area contributed by atoms with Crippen LogP contribution in [0.2, 0.25) is 0 Å². The molecule has 0 aromatic heterocycles. The normalized spacial score (nSPS) is 19.1. The lowest BCUT2D eigenvalue weighted by Gasteiger charge is -2.41. The first-order valence-corrected chi connectivity index (χ1v) is 18.8. The highest BCUT2D eigenvalue weighted by molar-refractivity contribution is 5.90. The van der Waals surface area contributed by atoms with Gasteiger partial charge in [-0.2, -0.15) is 0 Å². The summed E-state index contributed by atoms with van der Waals surface area (Å²) in [5, 5.41) is 18.4. The van der Waals surface area contributed by atoms with Crippen molar-refractivity contribution >= 4 is 29.6 Å². The van der Waals surface area contributed by atoms with Gasteiger partial charge in [-0.15, -0.1) is 0 Å². The summed E-state index contributed by atoms with van der Waals surface area (Å²) >= 11 is 0. The lowest BCUT2D eigenvalue weighted by Crippen LogP contribution is -2.59. The Kier molecular flexibility index (Phi) is 18.3. The molecule has 1 saturated heterocycles. The minimum Gasteiger partial charge on any atom is -0.480 e. The van der Waals surface area contributed by atoms with Crippen LogP contribution in [0.25, 0.3) is 0 Å². The zero-order chi connectivity index (χ0) is 40.2. The average Bonchev–Trinajstić information content (AvgIpc) is 3.60. The first-order valence-electron chi connectivity index (χ1n) is 18.8. The van der Waals surface area contributed by atoms with Crippen LogP contribution in [0.4, 0.5) is 4.39 Å². The Bertz CT molecular complexity index is 1380. The third kappa shape index (κ3) is 11.9. The molecule has 53 heavy (non-hydrogen) atoms. The van der Waals surface area contributed by atoms with Crippen LogP contribution in [0.3, 0.4) is 0 Å². The van der Waals surface area contributed by atoms with Gasteiger partial charge >= 0.3 is 5.97 Å². The van der Waals surface area contributed by atoms with Crippen LogP contribution in [-0.2, 0) is 39.9 Å². The number of carbonyl (C=O) groups excluding carboxylic acids is 4. The molecule has 1 aliphatic heterocycles. The maximum atomic E-state index is 14.3. The van der Waals surface area contributed by atoms with Gasteiger partial charge in [-0.3, -0.25) is 19.2 Å². The van der Waals surface area contributed by atoms with Crippen LogP contribution < -0.4 is 16.0 Å². The molecule has 4 amide bonds. The Morgan fingerprint density at radius 2 is 1.58 bits per heavy atom. The number of carboxylic acids is 1. The fraction of sp³-hybridized carbons (Fsp3) is 0.718. The fourth-order valence-electron chi connectivity index (χ4n) is 7.44. The largest absolute Gasteiger partial charge is 0.480 e. The second-order valence-corrected chi connectivity index (χ2v) is 15.0. The second-order valence-electron chi connectivity index (χ2n) is 15.0. The predicted molar refractivity (Wildman–Crippen MR) is 200 cm³/mol. The molecule has 0 aliphatic carbocycles. The van der Waals surface area contributed by atoms with E-state index in [0.29, 0.717) is 25.8 Å². The quantitative estimate of drug-likeness (QED) is 0.148. The summed E-state index contributed by atoms with van der Waals surface area (Å²) in [4.78, 5) is 70.2. The highest BCUT2D eigenvalue weighted by Crippen LogP contribution is 2.30. The summed E-state index contributed by atoms with van der Waals surface area (Å²) in [6, 6.07) is 2.18. The van der Waals surface area contributed by atoms with E-state index in [-0.39, 0.29) is 53.9 Å². The van der Waals surface area contributed by atoms with E-state index in [1.807, 2.05) is 41.5 Å². The molecule has 14 heteroatoms. The number of hydrogen-bond acceptors (Lipinski definition) is 8. The van der Waals surface area contributed by atoms with Gasteiger partial charge in [0.15, 0.2) is 0 Å². The molecule has 1 aromatic rings. The number of nitrogens with one attached hydrogen (secondary N) is 3. The Morgan fingerprint density at radius 3 is 2.09 bits per heavy atom. The predicted octanol–water partition coefficient (Wildman–Crippen LogP) is 3.24. The maximum Gasteiger partial charge on any atom is 0.326 e. The Hall–Kier alpha value is -3.62. The van der Waals surface area contributed by atoms with Crippen LogP contribution in [0.15, 0.2) is 24.3 Å². The maximum absolute atomic E-state index is 14.3. The molecule has 0 bridgehead atoms. The third-order valence-electron chi connectivity index (χ3n) is 10.7. The van der Waals surface area contributed by atoms with Gasteiger partial charge in [0.05, 0.1) is 42.7 Å². The lowest BCUT2D eigenvalue weighted by atomic mass is 9.89. The number of ether oxygens (including phenoxy) is 2. The van der Waals surface area contributed by atoms with Crippen molar-refractivity contribution in [2.45, 2.75) is 123 Å². The van der Waals surface area contributed by atoms with Gasteiger partial charge in [-0.25, -0.2) is 9.18 Å². The molecule has 1 heterocycles. The standard InChI is InChI=1S/C39H64FN5O8/c1-12-24(6)34(44(9)38(49)33(23(4)5)43-37(48)32(41-8)22(2)3)30(52-10)21-31(46)45-19-15-18-29(45)35(53-11)25(7)36(47)42-28(39(50)51)20-26-16-13-14-17-27(26)40/h13-14,16-17,22-25,28-30,32-35,41H,12,15,18-21H2,1-11H3,(H,42,47)(H,43,48)(H,50,51)/t24-,25+,28-,29-,30+,32-,33-,34-,35?/m0/s1. The van der Waals surface area contributed by atoms with Crippen molar-refractivity contribution in [3.63, 3.8) is 0 Å². The second kappa shape index (κ2) is 21.3. The molecule has 4 N–H and O–H groups in total. The molecule has 1 unspecified atom stereocenters. The molecule has 9 atom stereocenters. The van der Waals surface area contributed by atoms with Gasteiger partial charge in [0.25, 0.3) is 0 Å². The topological polar surface area (TPSA) is 167 Å². The molecule has 0 saturated carbocycles. The van der Waals surface area contributed by atoms with Crippen LogP contribution in [-0.4, -0.2) is 122 Å². The summed E-state index contributed by atoms with van der Waals surface area (Å²) < 4.78 is 26.1. The van der Waals surface area contributed by atoms with Gasteiger partial charge < -0.3 is 40.3 Å². The number of likely N-dealkylation sites (N-methyl/N-ethyl adjacent to an activating group) is 2. The van der Waals surface area contributed by atoms with Gasteiger partial charge in [0.1, 0.15) is 17.9 Å². The molecule has 0 radical (unpaired) electrons. The SMILES string of the molecule is CC[C@H](C)[C@@H]([C@@H](CC(=O)N1CCC[C@H]1C(OC)[C@@H](C)C(=O)N[C@@H](Cc1ccccc1F)C(=O)O)OC)N(C)C(=O)[C@@H](NC(=O)[C@@H](NC)C(C)C)C(C)C. The summed E-state index contributed by atoms with van der Waals surface area (Å²) in [7, 11) is 6.36. The Morgan fingerprint density at radius 1 is 0.962 bits per heavy atom. The zero-order valence-corrected chi connectivity index (χ0v) is 33.5. The molecule has 2 rings (SSSR count). The van der Waals surface area contributed by atoms with Crippen molar-refractivity contribution in [3.8, 4) is 0 Å². The number of hydrogen-bond donors (Lipinski definition) is 4. The number of likely N-dealkylation sites (tertiary alicyclic amines) is 1. The van der Waals surface area contributed by atoms with E-state index >= 15 is 0 Å². The number of rotatable bonds is 21. The van der Waals surface area contributed by atoms with E-state index in [9.17, 15) is 33.5 Å². The van der Waals surface area contributed by atoms with Crippen LogP contribution in [0.1, 0.15) is 79.7 Å². The molecular formula is C39H64FN5O8. The number of methoxy groups -OCH3 is 2. The van der Waals surface area contributed by atoms with E-state index in [0.717, 1.165) is 0 Å². The van der Waals surface area contributed by atoms with Gasteiger partial charge in [0.2, 0.25) is 23.6 Å². The van der Waals surface area contributed by atoms with Crippen molar-refractivity contribution in [2.24, 2.45) is 23.7 Å². The molecular weight excluding hydrogens is 685 g/mol. The van der Waals surface area contributed by atoms with Gasteiger partial charge in [-0.1, -0.05) is 73.1 Å². The van der Waals surface area contributed by atoms with E-state index in [1.54, 1.807) is 36.9 Å². The van der Waals surface area contributed by atoms with Gasteiger partial charge in [0, 0.05) is 34.2 Å². The zero-order valence-electron chi connectivity index (χ0n) is 33.5. The van der Waals surface area contributed by atoms with E-state index < -0.39 is 66.0 Å². The van der Waals surface area contributed by atoms with Crippen molar-refractivity contribution < 1.29 is 42.9 Å². The lowest BCUT2D eigenvalue weighted by molar-refractivity contribution is -0.148. The highest BCUT2D eigenvalue weighted by Gasteiger charge is 2.43. The van der Waals surface area contributed by atoms with Gasteiger partial charge in [-0.05, 0) is 49.3 Å². The molecule has 300 valence electrons. The van der Waals surface area contributed by atoms with Crippen LogP contribution in [0.5, 0.6) is 0 Å². The third-order valence-corrected chi connectivity index (χ3v) is 10.7. The van der Waals surface area contributed by atoms with E-state index in [1.165, 1.54) is 32.4 Å². The van der Waals surface area contributed by atoms with Crippen LogP contribution >= 0.6 is 0 Å². The van der Waals surface area contributed by atoms with E-state index in [2.05, 4.69) is 16.0 Å². The fourth-order valence-corrected chi connectivity index (χ4v) is 7.44. The number of nitrogens with zero attached hydrogens (tertiary/aromatic N) is 2. The van der Waals surface area contributed by atoms with Crippen LogP contribution in [0, 0.1) is 29.5 Å². The number of halogens is 1. The molecule has 1 aromatic carbocycles. The minimum absolute atomic E-state index is 0.00844. The summed E-state index contributed by atoms with van der Waals surface area (Å²) in [6.45, 7) is 13.7. The minimum atomic E-state index is -1.37. The first kappa shape index (κ1) is 45.5. The Balaban J connectivity index is 2.27. The smallest absolute Gasteiger partial charge is 0.326 e. The highest BCUT2D eigenvalue weighted by atomic mass is 19.1. The summed E-state index contributed by atoms with van der Waals surface area (Å²) in [5.41, 5.74) is 0.164. The number of carbonyl (C=O) groups is 5. The first-order chi connectivity index (χ1) is 24.9. The van der Waals surface area contributed by atoms with Crippen molar-refractivity contribution in [1.82, 2.24) is 25.8 Å². The average molecular weight is 750 g/mol. The summed E-state index contributed by atoms with van der Waals surface area (Å²) in [5.74, 6) is -4.34. The summed E-state index contributed by atoms with van der Waals surface area (Å²) in [6.07, 6.45) is 0.190. The number of benzene rings is 1. The molecule has 0 spiro atoms. The van der Waals surface area contributed by atoms with Crippen molar-refractivity contribution in [1.29, 1.82) is 0 Å². The number of amides is 4. The molecule has 1 aliphatic rings. The number of carboxylic acid groups (broad SMARTS) is 1. The van der Waals surface area contributed by atoms with E-state index in [4.69, 9.17) is 9.47 Å². The van der Waals surface area contributed by atoms with Crippen molar-refractivity contribution in [2.75, 3.05) is 34.9 Å². The Labute approximate surface area is 315 Å². The monoisotopic (exact) mass is 749 g/mol. The molecule has 13 nitrogen and oxygen atoms in total. The van der Waals surface area contributed by atoms with Crippen molar-refractivity contribution in [3.05, 3.63) is 35.6 Å².